The number of hydrogen-bond acceptors (Lipinski definition) is 3. The zero-order valence-corrected chi connectivity index (χ0v) is 11.8. The maximum absolute atomic E-state index is 6.05. The smallest absolute Gasteiger partial charge is 0.0412 e. The van der Waals surface area contributed by atoms with Crippen LogP contribution in [0, 0.1) is 5.92 Å². The zero-order valence-electron chi connectivity index (χ0n) is 11.8. The first-order chi connectivity index (χ1) is 8.58. The summed E-state index contributed by atoms with van der Waals surface area (Å²) in [5.41, 5.74) is 8.57. The van der Waals surface area contributed by atoms with Gasteiger partial charge in [-0.3, -0.25) is 0 Å². The second-order valence-electron chi connectivity index (χ2n) is 5.64. The molecule has 0 amide bonds. The Morgan fingerprint density at radius 1 is 1.44 bits per heavy atom. The first-order valence-electron chi connectivity index (χ1n) is 6.82. The summed E-state index contributed by atoms with van der Waals surface area (Å²) in [4.78, 5) is 4.78. The second kappa shape index (κ2) is 5.72. The highest BCUT2D eigenvalue weighted by Crippen LogP contribution is 2.26. The monoisotopic (exact) mass is 247 g/mol. The molecule has 1 aromatic rings. The molecule has 3 nitrogen and oxygen atoms in total. The topological polar surface area (TPSA) is 32.5 Å². The van der Waals surface area contributed by atoms with Crippen LogP contribution in [0.3, 0.4) is 0 Å². The first kappa shape index (κ1) is 13.4. The number of nitrogens with zero attached hydrogens (tertiary/aromatic N) is 2. The lowest BCUT2D eigenvalue weighted by molar-refractivity contribution is 0.396. The lowest BCUT2D eigenvalue weighted by atomic mass is 10.0. The molecule has 3 heteroatoms. The third-order valence-electron chi connectivity index (χ3n) is 3.86. The van der Waals surface area contributed by atoms with Gasteiger partial charge in [0.2, 0.25) is 0 Å². The van der Waals surface area contributed by atoms with E-state index in [1.54, 1.807) is 0 Å². The van der Waals surface area contributed by atoms with Gasteiger partial charge in [0.15, 0.2) is 0 Å². The van der Waals surface area contributed by atoms with Crippen LogP contribution in [0.4, 0.5) is 5.69 Å². The van der Waals surface area contributed by atoms with E-state index < -0.39 is 0 Å². The number of benzene rings is 1. The fraction of sp³-hybridized carbons (Fsp3) is 0.600. The predicted molar refractivity (Wildman–Crippen MR) is 77.9 cm³/mol. The van der Waals surface area contributed by atoms with E-state index >= 15 is 0 Å². The molecule has 0 spiro atoms. The van der Waals surface area contributed by atoms with E-state index in [0.717, 1.165) is 12.5 Å². The molecule has 1 aromatic carbocycles. The molecule has 0 radical (unpaired) electrons. The number of para-hydroxylation sites is 1. The summed E-state index contributed by atoms with van der Waals surface area (Å²) >= 11 is 0. The van der Waals surface area contributed by atoms with Crippen LogP contribution in [0.5, 0.6) is 0 Å². The number of rotatable bonds is 4. The van der Waals surface area contributed by atoms with Gasteiger partial charge in [-0.25, -0.2) is 0 Å². The Kier molecular flexibility index (Phi) is 4.25. The molecule has 2 atom stereocenters. The number of anilines is 1. The minimum Gasteiger partial charge on any atom is -0.374 e. The Balaban J connectivity index is 2.06. The van der Waals surface area contributed by atoms with Crippen molar-refractivity contribution in [1.29, 1.82) is 0 Å². The van der Waals surface area contributed by atoms with Crippen molar-refractivity contribution in [3.05, 3.63) is 29.8 Å². The van der Waals surface area contributed by atoms with Gasteiger partial charge in [-0.05, 0) is 44.5 Å². The van der Waals surface area contributed by atoms with E-state index in [9.17, 15) is 0 Å². The molecule has 1 heterocycles. The normalized spacial score (nSPS) is 22.1. The highest BCUT2D eigenvalue weighted by molar-refractivity contribution is 5.54. The highest BCUT2D eigenvalue weighted by atomic mass is 15.2. The molecule has 0 aliphatic carbocycles. The average molecular weight is 247 g/mol. The summed E-state index contributed by atoms with van der Waals surface area (Å²) in [5, 5.41) is 0. The lowest BCUT2D eigenvalue weighted by Crippen LogP contribution is -2.28. The minimum absolute atomic E-state index is 0.0925. The molecule has 2 rings (SSSR count). The Morgan fingerprint density at radius 2 is 2.17 bits per heavy atom. The van der Waals surface area contributed by atoms with E-state index in [4.69, 9.17) is 5.73 Å². The fourth-order valence-electron chi connectivity index (χ4n) is 2.88. The van der Waals surface area contributed by atoms with Crippen LogP contribution in [0.25, 0.3) is 0 Å². The average Bonchev–Trinajstić information content (AvgIpc) is 2.74. The molecule has 0 saturated carbocycles. The van der Waals surface area contributed by atoms with E-state index in [-0.39, 0.29) is 6.04 Å². The van der Waals surface area contributed by atoms with Gasteiger partial charge in [0.1, 0.15) is 0 Å². The number of nitrogens with two attached hydrogens (primary N) is 1. The Hall–Kier alpha value is -1.06. The summed E-state index contributed by atoms with van der Waals surface area (Å²) in [7, 11) is 4.38. The molecule has 0 bridgehead atoms. The molecule has 0 aromatic heterocycles. The minimum atomic E-state index is 0.0925. The van der Waals surface area contributed by atoms with Gasteiger partial charge in [-0.1, -0.05) is 18.2 Å². The molecule has 100 valence electrons. The van der Waals surface area contributed by atoms with Crippen LogP contribution in [0.15, 0.2) is 24.3 Å². The summed E-state index contributed by atoms with van der Waals surface area (Å²) < 4.78 is 0. The van der Waals surface area contributed by atoms with Gasteiger partial charge in [0.05, 0.1) is 0 Å². The van der Waals surface area contributed by atoms with Crippen LogP contribution >= 0.6 is 0 Å². The summed E-state index contributed by atoms with van der Waals surface area (Å²) in [6.45, 7) is 5.61. The second-order valence-corrected chi connectivity index (χ2v) is 5.64. The van der Waals surface area contributed by atoms with Gasteiger partial charge in [-0.15, -0.1) is 0 Å². The van der Waals surface area contributed by atoms with Crippen LogP contribution in [-0.4, -0.2) is 38.6 Å². The van der Waals surface area contributed by atoms with Crippen molar-refractivity contribution in [2.75, 3.05) is 38.6 Å². The maximum Gasteiger partial charge on any atom is 0.0412 e. The van der Waals surface area contributed by atoms with Crippen molar-refractivity contribution in [2.24, 2.45) is 11.7 Å². The Labute approximate surface area is 111 Å². The number of likely N-dealkylation sites (tertiary alicyclic amines) is 1. The van der Waals surface area contributed by atoms with Crippen molar-refractivity contribution in [1.82, 2.24) is 4.90 Å². The first-order valence-corrected chi connectivity index (χ1v) is 6.82. The summed E-state index contributed by atoms with van der Waals surface area (Å²) in [6.07, 6.45) is 1.31. The van der Waals surface area contributed by atoms with Gasteiger partial charge < -0.3 is 15.5 Å². The van der Waals surface area contributed by atoms with Crippen LogP contribution in [-0.2, 0) is 0 Å². The van der Waals surface area contributed by atoms with Crippen molar-refractivity contribution in [3.63, 3.8) is 0 Å². The third kappa shape index (κ3) is 3.03. The summed E-state index contributed by atoms with van der Waals surface area (Å²) in [6, 6.07) is 8.57. The molecule has 1 unspecified atom stereocenters. The standard InChI is InChI=1S/C15H25N3/c1-12(16)14-6-4-5-7-15(14)18(3)11-13-8-9-17(2)10-13/h4-7,12-13H,8-11,16H2,1-3H3/t12-,13?/m1/s1. The van der Waals surface area contributed by atoms with Crippen molar-refractivity contribution in [2.45, 2.75) is 19.4 Å². The van der Waals surface area contributed by atoms with Gasteiger partial charge in [-0.2, -0.15) is 0 Å². The van der Waals surface area contributed by atoms with Crippen molar-refractivity contribution in [3.8, 4) is 0 Å². The van der Waals surface area contributed by atoms with E-state index in [1.165, 1.54) is 30.8 Å². The summed E-state index contributed by atoms with van der Waals surface area (Å²) in [5.74, 6) is 0.779. The third-order valence-corrected chi connectivity index (χ3v) is 3.86. The van der Waals surface area contributed by atoms with Crippen LogP contribution in [0.1, 0.15) is 24.9 Å². The largest absolute Gasteiger partial charge is 0.374 e. The van der Waals surface area contributed by atoms with E-state index in [1.807, 2.05) is 0 Å². The molecule has 1 saturated heterocycles. The highest BCUT2D eigenvalue weighted by Gasteiger charge is 2.21. The van der Waals surface area contributed by atoms with Gasteiger partial charge in [0, 0.05) is 31.9 Å². The lowest BCUT2D eigenvalue weighted by Gasteiger charge is -2.26. The molecular weight excluding hydrogens is 222 g/mol. The number of hydrogen-bond donors (Lipinski definition) is 1. The maximum atomic E-state index is 6.05. The molecular formula is C15H25N3. The predicted octanol–water partition coefficient (Wildman–Crippen LogP) is 2.09. The van der Waals surface area contributed by atoms with Gasteiger partial charge in [0.25, 0.3) is 0 Å². The molecule has 2 N–H and O–H groups in total. The Bertz CT molecular complexity index is 389. The van der Waals surface area contributed by atoms with Crippen LogP contribution in [0.2, 0.25) is 0 Å². The SMILES string of the molecule is C[C@@H](N)c1ccccc1N(C)CC1CCN(C)C1. The van der Waals surface area contributed by atoms with Gasteiger partial charge >= 0.3 is 0 Å². The molecule has 1 fully saturated rings. The molecule has 18 heavy (non-hydrogen) atoms. The van der Waals surface area contributed by atoms with Crippen molar-refractivity contribution < 1.29 is 0 Å². The molecule has 1 aliphatic heterocycles. The van der Waals surface area contributed by atoms with Crippen LogP contribution < -0.4 is 10.6 Å². The van der Waals surface area contributed by atoms with E-state index in [2.05, 4.69) is 55.1 Å². The van der Waals surface area contributed by atoms with E-state index in [0.29, 0.717) is 0 Å². The zero-order chi connectivity index (χ0) is 13.1. The van der Waals surface area contributed by atoms with Crippen molar-refractivity contribution >= 4 is 5.69 Å². The quantitative estimate of drug-likeness (QED) is 0.884. The molecule has 1 aliphatic rings. The fourth-order valence-corrected chi connectivity index (χ4v) is 2.88. The Morgan fingerprint density at radius 3 is 2.78 bits per heavy atom.